The molecule has 0 bridgehead atoms. The van der Waals surface area contributed by atoms with Gasteiger partial charge in [0.2, 0.25) is 5.91 Å². The summed E-state index contributed by atoms with van der Waals surface area (Å²) < 4.78 is 0. The van der Waals surface area contributed by atoms with E-state index < -0.39 is 0 Å². The zero-order valence-corrected chi connectivity index (χ0v) is 12.3. The first-order chi connectivity index (χ1) is 9.58. The molecule has 1 aliphatic heterocycles. The first kappa shape index (κ1) is 15.0. The van der Waals surface area contributed by atoms with Gasteiger partial charge >= 0.3 is 0 Å². The summed E-state index contributed by atoms with van der Waals surface area (Å²) in [5.74, 6) is 0.312. The Morgan fingerprint density at radius 3 is 2.70 bits per heavy atom. The van der Waals surface area contributed by atoms with Crippen LogP contribution in [0, 0.1) is 5.92 Å². The van der Waals surface area contributed by atoms with Crippen molar-refractivity contribution in [3.05, 3.63) is 29.8 Å². The SMILES string of the molecule is CCc1ccc(NC(=O)CN2CCC(C(C)O)C2)cc1. The number of anilines is 1. The van der Waals surface area contributed by atoms with Crippen LogP contribution in [0.2, 0.25) is 0 Å². The second kappa shape index (κ2) is 6.86. The van der Waals surface area contributed by atoms with Crippen LogP contribution in [0.25, 0.3) is 0 Å². The molecule has 4 nitrogen and oxygen atoms in total. The lowest BCUT2D eigenvalue weighted by Gasteiger charge is -2.17. The Bertz CT molecular complexity index is 442. The summed E-state index contributed by atoms with van der Waals surface area (Å²) >= 11 is 0. The van der Waals surface area contributed by atoms with Crippen molar-refractivity contribution in [2.45, 2.75) is 32.8 Å². The Morgan fingerprint density at radius 2 is 2.15 bits per heavy atom. The molecule has 0 aliphatic carbocycles. The molecule has 2 N–H and O–H groups in total. The molecule has 2 atom stereocenters. The molecule has 1 heterocycles. The second-order valence-corrected chi connectivity index (χ2v) is 5.62. The van der Waals surface area contributed by atoms with Crippen molar-refractivity contribution in [1.29, 1.82) is 0 Å². The van der Waals surface area contributed by atoms with E-state index >= 15 is 0 Å². The highest BCUT2D eigenvalue weighted by molar-refractivity contribution is 5.92. The van der Waals surface area contributed by atoms with Crippen molar-refractivity contribution in [3.63, 3.8) is 0 Å². The number of amides is 1. The van der Waals surface area contributed by atoms with Gasteiger partial charge in [-0.15, -0.1) is 0 Å². The highest BCUT2D eigenvalue weighted by Gasteiger charge is 2.26. The predicted octanol–water partition coefficient (Wildman–Crippen LogP) is 1.89. The van der Waals surface area contributed by atoms with E-state index in [0.717, 1.165) is 31.6 Å². The minimum atomic E-state index is -0.287. The van der Waals surface area contributed by atoms with Gasteiger partial charge in [0.1, 0.15) is 0 Å². The van der Waals surface area contributed by atoms with Crippen LogP contribution in [0.1, 0.15) is 25.8 Å². The third kappa shape index (κ3) is 4.05. The van der Waals surface area contributed by atoms with Crippen LogP contribution in [0.5, 0.6) is 0 Å². The van der Waals surface area contributed by atoms with Crippen molar-refractivity contribution in [2.24, 2.45) is 5.92 Å². The summed E-state index contributed by atoms with van der Waals surface area (Å²) in [7, 11) is 0. The van der Waals surface area contributed by atoms with E-state index in [-0.39, 0.29) is 12.0 Å². The van der Waals surface area contributed by atoms with Crippen molar-refractivity contribution < 1.29 is 9.90 Å². The molecule has 0 aromatic heterocycles. The van der Waals surface area contributed by atoms with Crippen LogP contribution < -0.4 is 5.32 Å². The normalized spacial score (nSPS) is 20.9. The topological polar surface area (TPSA) is 52.6 Å². The molecule has 2 unspecified atom stereocenters. The average molecular weight is 276 g/mol. The van der Waals surface area contributed by atoms with E-state index in [9.17, 15) is 9.90 Å². The Morgan fingerprint density at radius 1 is 1.45 bits per heavy atom. The maximum absolute atomic E-state index is 12.0. The van der Waals surface area contributed by atoms with Crippen molar-refractivity contribution in [3.8, 4) is 0 Å². The van der Waals surface area contributed by atoms with E-state index in [4.69, 9.17) is 0 Å². The number of rotatable bonds is 5. The smallest absolute Gasteiger partial charge is 0.238 e. The molecule has 1 aliphatic rings. The molecular weight excluding hydrogens is 252 g/mol. The number of hydrogen-bond acceptors (Lipinski definition) is 3. The maximum atomic E-state index is 12.0. The van der Waals surface area contributed by atoms with Gasteiger partial charge < -0.3 is 10.4 Å². The highest BCUT2D eigenvalue weighted by Crippen LogP contribution is 2.19. The van der Waals surface area contributed by atoms with Gasteiger partial charge in [-0.1, -0.05) is 19.1 Å². The second-order valence-electron chi connectivity index (χ2n) is 5.62. The minimum absolute atomic E-state index is 0.0143. The Kier molecular flexibility index (Phi) is 5.15. The van der Waals surface area contributed by atoms with E-state index in [1.165, 1.54) is 5.56 Å². The third-order valence-corrected chi connectivity index (χ3v) is 4.00. The molecule has 0 saturated carbocycles. The molecule has 0 spiro atoms. The molecule has 1 saturated heterocycles. The van der Waals surface area contributed by atoms with Gasteiger partial charge in [0, 0.05) is 12.2 Å². The molecule has 20 heavy (non-hydrogen) atoms. The monoisotopic (exact) mass is 276 g/mol. The van der Waals surface area contributed by atoms with Gasteiger partial charge in [0.15, 0.2) is 0 Å². The molecule has 4 heteroatoms. The lowest BCUT2D eigenvalue weighted by molar-refractivity contribution is -0.117. The van der Waals surface area contributed by atoms with E-state index in [1.807, 2.05) is 31.2 Å². The van der Waals surface area contributed by atoms with Crippen LogP contribution >= 0.6 is 0 Å². The molecule has 1 aromatic carbocycles. The largest absolute Gasteiger partial charge is 0.393 e. The minimum Gasteiger partial charge on any atom is -0.393 e. The Hall–Kier alpha value is -1.39. The summed E-state index contributed by atoms with van der Waals surface area (Å²) in [6.45, 7) is 6.03. The van der Waals surface area contributed by atoms with Gasteiger partial charge in [-0.3, -0.25) is 9.69 Å². The van der Waals surface area contributed by atoms with Crippen LogP contribution in [-0.2, 0) is 11.2 Å². The predicted molar refractivity (Wildman–Crippen MR) is 80.7 cm³/mol. The number of carbonyl (C=O) groups excluding carboxylic acids is 1. The number of aliphatic hydroxyl groups is 1. The molecule has 2 rings (SSSR count). The summed E-state index contributed by atoms with van der Waals surface area (Å²) in [6, 6.07) is 7.96. The standard InChI is InChI=1S/C16H24N2O2/c1-3-13-4-6-15(7-5-13)17-16(20)11-18-9-8-14(10-18)12(2)19/h4-7,12,14,19H,3,8-11H2,1-2H3,(H,17,20). The van der Waals surface area contributed by atoms with Gasteiger partial charge in [-0.2, -0.15) is 0 Å². The first-order valence-corrected chi connectivity index (χ1v) is 7.37. The zero-order valence-electron chi connectivity index (χ0n) is 12.3. The highest BCUT2D eigenvalue weighted by atomic mass is 16.3. The molecular formula is C16H24N2O2. The van der Waals surface area contributed by atoms with E-state index in [0.29, 0.717) is 12.5 Å². The maximum Gasteiger partial charge on any atom is 0.238 e. The lowest BCUT2D eigenvalue weighted by atomic mass is 10.0. The van der Waals surface area contributed by atoms with Crippen LogP contribution in [0.15, 0.2) is 24.3 Å². The number of aliphatic hydroxyl groups excluding tert-OH is 1. The van der Waals surface area contributed by atoms with Gasteiger partial charge in [-0.05, 0) is 49.9 Å². The summed E-state index contributed by atoms with van der Waals surface area (Å²) in [5, 5.41) is 12.5. The summed E-state index contributed by atoms with van der Waals surface area (Å²) in [5.41, 5.74) is 2.11. The number of likely N-dealkylation sites (tertiary alicyclic amines) is 1. The third-order valence-electron chi connectivity index (χ3n) is 4.00. The number of hydrogen-bond donors (Lipinski definition) is 2. The Balaban J connectivity index is 1.80. The number of benzene rings is 1. The number of aryl methyl sites for hydroxylation is 1. The Labute approximate surface area is 120 Å². The van der Waals surface area contributed by atoms with Gasteiger partial charge in [0.05, 0.1) is 12.6 Å². The fraction of sp³-hybridized carbons (Fsp3) is 0.562. The molecule has 1 fully saturated rings. The average Bonchev–Trinajstić information content (AvgIpc) is 2.88. The van der Waals surface area contributed by atoms with Crippen LogP contribution in [-0.4, -0.2) is 41.7 Å². The number of nitrogens with zero attached hydrogens (tertiary/aromatic N) is 1. The summed E-state index contributed by atoms with van der Waals surface area (Å²) in [6.07, 6.45) is 1.68. The molecule has 110 valence electrons. The number of nitrogens with one attached hydrogen (secondary N) is 1. The van der Waals surface area contributed by atoms with Gasteiger partial charge in [0.25, 0.3) is 0 Å². The van der Waals surface area contributed by atoms with Crippen molar-refractivity contribution >= 4 is 11.6 Å². The molecule has 1 amide bonds. The molecule has 0 radical (unpaired) electrons. The van der Waals surface area contributed by atoms with Crippen LogP contribution in [0.4, 0.5) is 5.69 Å². The quantitative estimate of drug-likeness (QED) is 0.863. The van der Waals surface area contributed by atoms with Gasteiger partial charge in [-0.25, -0.2) is 0 Å². The van der Waals surface area contributed by atoms with Crippen molar-refractivity contribution in [1.82, 2.24) is 4.90 Å². The van der Waals surface area contributed by atoms with E-state index in [2.05, 4.69) is 17.1 Å². The summed E-state index contributed by atoms with van der Waals surface area (Å²) in [4.78, 5) is 14.1. The molecule has 1 aromatic rings. The fourth-order valence-electron chi connectivity index (χ4n) is 2.63. The van der Waals surface area contributed by atoms with E-state index in [1.54, 1.807) is 0 Å². The lowest BCUT2D eigenvalue weighted by Crippen LogP contribution is -2.32. The zero-order chi connectivity index (χ0) is 14.5. The van der Waals surface area contributed by atoms with Crippen molar-refractivity contribution in [2.75, 3.05) is 25.0 Å². The van der Waals surface area contributed by atoms with Crippen LogP contribution in [0.3, 0.4) is 0 Å². The number of carbonyl (C=O) groups is 1. The fourth-order valence-corrected chi connectivity index (χ4v) is 2.63. The first-order valence-electron chi connectivity index (χ1n) is 7.37.